The highest BCUT2D eigenvalue weighted by atomic mass is 16.2. The molecule has 1 aromatic carbocycles. The van der Waals surface area contributed by atoms with E-state index in [1.54, 1.807) is 4.90 Å². The van der Waals surface area contributed by atoms with Crippen LogP contribution < -0.4 is 5.32 Å². The third-order valence-corrected chi connectivity index (χ3v) is 3.30. The largest absolute Gasteiger partial charge is 0.344 e. The average molecular weight is 232 g/mol. The van der Waals surface area contributed by atoms with Gasteiger partial charge in [0.1, 0.15) is 0 Å². The van der Waals surface area contributed by atoms with Gasteiger partial charge in [0, 0.05) is 13.6 Å². The number of amides is 1. The first-order valence-electron chi connectivity index (χ1n) is 6.29. The second-order valence-corrected chi connectivity index (χ2v) is 4.64. The lowest BCUT2D eigenvalue weighted by Gasteiger charge is -2.11. The SMILES string of the molecule is CN1CCC(NCCCc2ccccc2)C1=O. The van der Waals surface area contributed by atoms with Gasteiger partial charge in [-0.1, -0.05) is 30.3 Å². The smallest absolute Gasteiger partial charge is 0.239 e. The van der Waals surface area contributed by atoms with Gasteiger partial charge in [0.2, 0.25) is 5.91 Å². The Kier molecular flexibility index (Phi) is 4.15. The topological polar surface area (TPSA) is 32.3 Å². The predicted molar refractivity (Wildman–Crippen MR) is 68.8 cm³/mol. The highest BCUT2D eigenvalue weighted by Gasteiger charge is 2.27. The van der Waals surface area contributed by atoms with Crippen LogP contribution in [0, 0.1) is 0 Å². The zero-order valence-electron chi connectivity index (χ0n) is 10.4. The summed E-state index contributed by atoms with van der Waals surface area (Å²) in [4.78, 5) is 13.4. The standard InChI is InChI=1S/C14H20N2O/c1-16-11-9-13(14(16)17)15-10-5-8-12-6-3-2-4-7-12/h2-4,6-7,13,15H,5,8-11H2,1H3. The van der Waals surface area contributed by atoms with Crippen LogP contribution in [-0.2, 0) is 11.2 Å². The molecule has 1 fully saturated rings. The van der Waals surface area contributed by atoms with Crippen LogP contribution in [0.15, 0.2) is 30.3 Å². The molecule has 1 aliphatic heterocycles. The molecule has 0 bridgehead atoms. The number of nitrogens with one attached hydrogen (secondary N) is 1. The number of likely N-dealkylation sites (N-methyl/N-ethyl adjacent to an activating group) is 1. The van der Waals surface area contributed by atoms with E-state index in [1.165, 1.54) is 5.56 Å². The molecule has 0 saturated carbocycles. The number of nitrogens with zero attached hydrogens (tertiary/aromatic N) is 1. The number of hydrogen-bond donors (Lipinski definition) is 1. The van der Waals surface area contributed by atoms with Gasteiger partial charge in [-0.2, -0.15) is 0 Å². The van der Waals surface area contributed by atoms with Crippen molar-refractivity contribution in [1.82, 2.24) is 10.2 Å². The van der Waals surface area contributed by atoms with Gasteiger partial charge in [-0.15, -0.1) is 0 Å². The highest BCUT2D eigenvalue weighted by Crippen LogP contribution is 2.08. The fourth-order valence-corrected chi connectivity index (χ4v) is 2.23. The van der Waals surface area contributed by atoms with Crippen LogP contribution in [-0.4, -0.2) is 37.0 Å². The molecule has 17 heavy (non-hydrogen) atoms. The van der Waals surface area contributed by atoms with E-state index in [0.29, 0.717) is 0 Å². The molecule has 1 amide bonds. The van der Waals surface area contributed by atoms with Crippen LogP contribution in [0.4, 0.5) is 0 Å². The Labute approximate surface area is 103 Å². The Bertz CT molecular complexity index is 364. The van der Waals surface area contributed by atoms with Gasteiger partial charge in [-0.05, 0) is 31.4 Å². The molecule has 1 atom stereocenters. The molecule has 0 aromatic heterocycles. The van der Waals surface area contributed by atoms with Gasteiger partial charge in [-0.25, -0.2) is 0 Å². The van der Waals surface area contributed by atoms with Crippen molar-refractivity contribution in [2.75, 3.05) is 20.1 Å². The van der Waals surface area contributed by atoms with Gasteiger partial charge in [0.25, 0.3) is 0 Å². The summed E-state index contributed by atoms with van der Waals surface area (Å²) in [6.07, 6.45) is 3.10. The summed E-state index contributed by atoms with van der Waals surface area (Å²) in [5, 5.41) is 3.34. The third kappa shape index (κ3) is 3.30. The van der Waals surface area contributed by atoms with Crippen molar-refractivity contribution in [1.29, 1.82) is 0 Å². The molecule has 92 valence electrons. The summed E-state index contributed by atoms with van der Waals surface area (Å²) < 4.78 is 0. The third-order valence-electron chi connectivity index (χ3n) is 3.30. The minimum absolute atomic E-state index is 0.0516. The number of likely N-dealkylation sites (tertiary alicyclic amines) is 1. The normalized spacial score (nSPS) is 19.9. The molecule has 3 nitrogen and oxygen atoms in total. The van der Waals surface area contributed by atoms with E-state index in [4.69, 9.17) is 0 Å². The molecular weight excluding hydrogens is 212 g/mol. The van der Waals surface area contributed by atoms with E-state index in [0.717, 1.165) is 32.4 Å². The second-order valence-electron chi connectivity index (χ2n) is 4.64. The number of carbonyl (C=O) groups is 1. The van der Waals surface area contributed by atoms with Crippen LogP contribution in [0.25, 0.3) is 0 Å². The van der Waals surface area contributed by atoms with Crippen molar-refractivity contribution in [2.24, 2.45) is 0 Å². The maximum atomic E-state index is 11.6. The summed E-state index contributed by atoms with van der Waals surface area (Å²) in [7, 11) is 1.87. The summed E-state index contributed by atoms with van der Waals surface area (Å²) >= 11 is 0. The van der Waals surface area contributed by atoms with Crippen LogP contribution >= 0.6 is 0 Å². The summed E-state index contributed by atoms with van der Waals surface area (Å²) in [5.74, 6) is 0.240. The van der Waals surface area contributed by atoms with E-state index >= 15 is 0 Å². The summed E-state index contributed by atoms with van der Waals surface area (Å²) in [5.41, 5.74) is 1.36. The van der Waals surface area contributed by atoms with Crippen molar-refractivity contribution in [3.63, 3.8) is 0 Å². The zero-order valence-corrected chi connectivity index (χ0v) is 10.4. The summed E-state index contributed by atoms with van der Waals surface area (Å²) in [6.45, 7) is 1.80. The van der Waals surface area contributed by atoms with Gasteiger partial charge in [0.05, 0.1) is 6.04 Å². The maximum Gasteiger partial charge on any atom is 0.239 e. The molecular formula is C14H20N2O. The number of carbonyl (C=O) groups excluding carboxylic acids is 1. The molecule has 1 N–H and O–H groups in total. The molecule has 1 saturated heterocycles. The second kappa shape index (κ2) is 5.82. The Morgan fingerprint density at radius 3 is 2.76 bits per heavy atom. The molecule has 0 aliphatic carbocycles. The number of aryl methyl sites for hydroxylation is 1. The number of hydrogen-bond acceptors (Lipinski definition) is 2. The molecule has 0 radical (unpaired) electrons. The average Bonchev–Trinajstić information content (AvgIpc) is 2.67. The van der Waals surface area contributed by atoms with Gasteiger partial charge in [-0.3, -0.25) is 4.79 Å². The highest BCUT2D eigenvalue weighted by molar-refractivity contribution is 5.83. The molecule has 1 heterocycles. The van der Waals surface area contributed by atoms with Crippen molar-refractivity contribution < 1.29 is 4.79 Å². The summed E-state index contributed by atoms with van der Waals surface area (Å²) in [6, 6.07) is 10.5. The minimum atomic E-state index is 0.0516. The minimum Gasteiger partial charge on any atom is -0.344 e. The lowest BCUT2D eigenvalue weighted by molar-refractivity contribution is -0.128. The van der Waals surface area contributed by atoms with Crippen molar-refractivity contribution >= 4 is 5.91 Å². The van der Waals surface area contributed by atoms with Crippen LogP contribution in [0.2, 0.25) is 0 Å². The number of rotatable bonds is 5. The molecule has 0 spiro atoms. The van der Waals surface area contributed by atoms with E-state index in [9.17, 15) is 4.79 Å². The Balaban J connectivity index is 1.65. The van der Waals surface area contributed by atoms with E-state index in [2.05, 4.69) is 29.6 Å². The van der Waals surface area contributed by atoms with Crippen molar-refractivity contribution in [3.05, 3.63) is 35.9 Å². The van der Waals surface area contributed by atoms with E-state index in [-0.39, 0.29) is 11.9 Å². The lowest BCUT2D eigenvalue weighted by atomic mass is 10.1. The van der Waals surface area contributed by atoms with Crippen molar-refractivity contribution in [2.45, 2.75) is 25.3 Å². The Hall–Kier alpha value is -1.35. The maximum absolute atomic E-state index is 11.6. The fourth-order valence-electron chi connectivity index (χ4n) is 2.23. The van der Waals surface area contributed by atoms with E-state index in [1.807, 2.05) is 13.1 Å². The van der Waals surface area contributed by atoms with Crippen molar-refractivity contribution in [3.8, 4) is 0 Å². The lowest BCUT2D eigenvalue weighted by Crippen LogP contribution is -2.37. The van der Waals surface area contributed by atoms with Gasteiger partial charge < -0.3 is 10.2 Å². The quantitative estimate of drug-likeness (QED) is 0.779. The van der Waals surface area contributed by atoms with Crippen LogP contribution in [0.1, 0.15) is 18.4 Å². The molecule has 3 heteroatoms. The Morgan fingerprint density at radius 1 is 1.35 bits per heavy atom. The van der Waals surface area contributed by atoms with Crippen LogP contribution in [0.3, 0.4) is 0 Å². The molecule has 1 unspecified atom stereocenters. The van der Waals surface area contributed by atoms with Gasteiger partial charge in [0.15, 0.2) is 0 Å². The zero-order chi connectivity index (χ0) is 12.1. The fraction of sp³-hybridized carbons (Fsp3) is 0.500. The van der Waals surface area contributed by atoms with E-state index < -0.39 is 0 Å². The first-order valence-corrected chi connectivity index (χ1v) is 6.29. The molecule has 2 rings (SSSR count). The first kappa shape index (κ1) is 12.1. The molecule has 1 aliphatic rings. The van der Waals surface area contributed by atoms with Gasteiger partial charge >= 0.3 is 0 Å². The first-order chi connectivity index (χ1) is 8.27. The Morgan fingerprint density at radius 2 is 2.12 bits per heavy atom. The number of benzene rings is 1. The predicted octanol–water partition coefficient (Wildman–Crippen LogP) is 1.44. The van der Waals surface area contributed by atoms with Crippen LogP contribution in [0.5, 0.6) is 0 Å². The molecule has 1 aromatic rings. The monoisotopic (exact) mass is 232 g/mol.